The predicted octanol–water partition coefficient (Wildman–Crippen LogP) is 0.999. The Bertz CT molecular complexity index is 448. The average Bonchev–Trinajstić information content (AvgIpc) is 2.47. The summed E-state index contributed by atoms with van der Waals surface area (Å²) in [5.74, 6) is 0. The molecule has 2 aromatic rings. The predicted molar refractivity (Wildman–Crippen MR) is 55.8 cm³/mol. The Morgan fingerprint density at radius 1 is 1.57 bits per heavy atom. The van der Waals surface area contributed by atoms with Crippen molar-refractivity contribution in [2.75, 3.05) is 5.73 Å². The second kappa shape index (κ2) is 3.31. The van der Waals surface area contributed by atoms with Gasteiger partial charge in [-0.25, -0.2) is 0 Å². The van der Waals surface area contributed by atoms with Crippen LogP contribution in [0.1, 0.15) is 6.92 Å². The van der Waals surface area contributed by atoms with Gasteiger partial charge in [0.1, 0.15) is 0 Å². The molecule has 2 rings (SSSR count). The van der Waals surface area contributed by atoms with Gasteiger partial charge in [-0.2, -0.15) is 5.10 Å². The van der Waals surface area contributed by atoms with Crippen LogP contribution < -0.4 is 5.73 Å². The van der Waals surface area contributed by atoms with Gasteiger partial charge in [0.2, 0.25) is 0 Å². The normalized spacial score (nSPS) is 13.3. The Morgan fingerprint density at radius 3 is 3.07 bits per heavy atom. The lowest BCUT2D eigenvalue weighted by Gasteiger charge is -2.05. The van der Waals surface area contributed by atoms with Crippen LogP contribution in [0, 0.1) is 0 Å². The summed E-state index contributed by atoms with van der Waals surface area (Å²) in [4.78, 5) is 0. The molecule has 0 saturated heterocycles. The molecule has 0 aliphatic carbocycles. The molecular formula is C10H13N3O. The molecular weight excluding hydrogens is 178 g/mol. The molecule has 0 bridgehead atoms. The molecule has 0 aliphatic rings. The number of hydrogen-bond acceptors (Lipinski definition) is 3. The minimum Gasteiger partial charge on any atom is -0.399 e. The second-order valence-electron chi connectivity index (χ2n) is 3.49. The van der Waals surface area contributed by atoms with E-state index in [1.165, 1.54) is 0 Å². The first-order valence-corrected chi connectivity index (χ1v) is 4.56. The van der Waals surface area contributed by atoms with E-state index in [4.69, 9.17) is 5.73 Å². The summed E-state index contributed by atoms with van der Waals surface area (Å²) in [5, 5.41) is 14.4. The number of aromatic nitrogens is 2. The van der Waals surface area contributed by atoms with Gasteiger partial charge in [0.25, 0.3) is 0 Å². The lowest BCUT2D eigenvalue weighted by Crippen LogP contribution is -2.12. The summed E-state index contributed by atoms with van der Waals surface area (Å²) in [5.41, 5.74) is 7.38. The SMILES string of the molecule is C[C@@H](O)Cn1ncc2cc(N)ccc21. The first-order valence-electron chi connectivity index (χ1n) is 4.56. The number of rotatable bonds is 2. The number of anilines is 1. The molecule has 0 radical (unpaired) electrons. The number of hydrogen-bond donors (Lipinski definition) is 2. The van der Waals surface area contributed by atoms with Crippen molar-refractivity contribution < 1.29 is 5.11 Å². The Labute approximate surface area is 81.9 Å². The van der Waals surface area contributed by atoms with Crippen LogP contribution in [-0.2, 0) is 6.54 Å². The molecule has 4 heteroatoms. The fourth-order valence-electron chi connectivity index (χ4n) is 1.50. The fourth-order valence-corrected chi connectivity index (χ4v) is 1.50. The van der Waals surface area contributed by atoms with Gasteiger partial charge in [-0.15, -0.1) is 0 Å². The van der Waals surface area contributed by atoms with Crippen molar-refractivity contribution in [1.29, 1.82) is 0 Å². The Hall–Kier alpha value is -1.55. The number of benzene rings is 1. The number of fused-ring (bicyclic) bond motifs is 1. The van der Waals surface area contributed by atoms with Crippen LogP contribution in [0.2, 0.25) is 0 Å². The van der Waals surface area contributed by atoms with Gasteiger partial charge in [0, 0.05) is 11.1 Å². The van der Waals surface area contributed by atoms with Crippen LogP contribution in [0.3, 0.4) is 0 Å². The molecule has 14 heavy (non-hydrogen) atoms. The van der Waals surface area contributed by atoms with Crippen molar-refractivity contribution in [2.45, 2.75) is 19.6 Å². The van der Waals surface area contributed by atoms with Gasteiger partial charge in [0.05, 0.1) is 24.4 Å². The third-order valence-corrected chi connectivity index (χ3v) is 2.10. The van der Waals surface area contributed by atoms with Crippen molar-refractivity contribution >= 4 is 16.6 Å². The van der Waals surface area contributed by atoms with Crippen LogP contribution >= 0.6 is 0 Å². The first-order chi connectivity index (χ1) is 6.66. The van der Waals surface area contributed by atoms with Crippen LogP contribution in [0.4, 0.5) is 5.69 Å². The van der Waals surface area contributed by atoms with Crippen molar-refractivity contribution in [3.63, 3.8) is 0 Å². The summed E-state index contributed by atoms with van der Waals surface area (Å²) >= 11 is 0. The monoisotopic (exact) mass is 191 g/mol. The second-order valence-corrected chi connectivity index (χ2v) is 3.49. The highest BCUT2D eigenvalue weighted by Gasteiger charge is 2.04. The molecule has 0 saturated carbocycles. The smallest absolute Gasteiger partial charge is 0.0708 e. The maximum absolute atomic E-state index is 9.25. The standard InChI is InChI=1S/C10H13N3O/c1-7(14)6-13-10-3-2-9(11)4-8(10)5-12-13/h2-5,7,14H,6,11H2,1H3/t7-/m1/s1. The largest absolute Gasteiger partial charge is 0.399 e. The lowest BCUT2D eigenvalue weighted by molar-refractivity contribution is 0.170. The summed E-state index contributed by atoms with van der Waals surface area (Å²) in [6.45, 7) is 2.25. The van der Waals surface area contributed by atoms with Gasteiger partial charge in [-0.1, -0.05) is 0 Å². The van der Waals surface area contributed by atoms with Gasteiger partial charge < -0.3 is 10.8 Å². The van der Waals surface area contributed by atoms with E-state index >= 15 is 0 Å². The molecule has 1 atom stereocenters. The van der Waals surface area contributed by atoms with E-state index in [1.807, 2.05) is 18.2 Å². The highest BCUT2D eigenvalue weighted by atomic mass is 16.3. The van der Waals surface area contributed by atoms with Gasteiger partial charge in [-0.3, -0.25) is 4.68 Å². The molecule has 74 valence electrons. The molecule has 0 aliphatic heterocycles. The van der Waals surface area contributed by atoms with Crippen molar-refractivity contribution in [3.05, 3.63) is 24.4 Å². The van der Waals surface area contributed by atoms with Crippen molar-refractivity contribution in [2.24, 2.45) is 0 Å². The van der Waals surface area contributed by atoms with E-state index < -0.39 is 6.10 Å². The molecule has 0 spiro atoms. The number of aliphatic hydroxyl groups is 1. The molecule has 1 heterocycles. The highest BCUT2D eigenvalue weighted by Crippen LogP contribution is 2.16. The maximum atomic E-state index is 9.25. The van der Waals surface area contributed by atoms with Crippen LogP contribution in [0.15, 0.2) is 24.4 Å². The summed E-state index contributed by atoms with van der Waals surface area (Å²) in [6.07, 6.45) is 1.37. The zero-order valence-electron chi connectivity index (χ0n) is 8.01. The van der Waals surface area contributed by atoms with E-state index in [0.29, 0.717) is 6.54 Å². The molecule has 1 aromatic heterocycles. The molecule has 1 aromatic carbocycles. The third kappa shape index (κ3) is 1.56. The summed E-state index contributed by atoms with van der Waals surface area (Å²) < 4.78 is 1.78. The minimum atomic E-state index is -0.393. The van der Waals surface area contributed by atoms with Gasteiger partial charge in [-0.05, 0) is 25.1 Å². The van der Waals surface area contributed by atoms with E-state index in [-0.39, 0.29) is 0 Å². The third-order valence-electron chi connectivity index (χ3n) is 2.10. The first kappa shape index (κ1) is 9.02. The fraction of sp³-hybridized carbons (Fsp3) is 0.300. The lowest BCUT2D eigenvalue weighted by atomic mass is 10.2. The molecule has 0 unspecified atom stereocenters. The zero-order chi connectivity index (χ0) is 10.1. The number of nitrogen functional groups attached to an aromatic ring is 1. The molecule has 0 amide bonds. The van der Waals surface area contributed by atoms with Gasteiger partial charge >= 0.3 is 0 Å². The van der Waals surface area contributed by atoms with Crippen molar-refractivity contribution in [1.82, 2.24) is 9.78 Å². The quantitative estimate of drug-likeness (QED) is 0.696. The van der Waals surface area contributed by atoms with Gasteiger partial charge in [0.15, 0.2) is 0 Å². The summed E-state index contributed by atoms with van der Waals surface area (Å²) in [7, 11) is 0. The average molecular weight is 191 g/mol. The zero-order valence-corrected chi connectivity index (χ0v) is 8.01. The highest BCUT2D eigenvalue weighted by molar-refractivity contribution is 5.81. The topological polar surface area (TPSA) is 64.1 Å². The van der Waals surface area contributed by atoms with E-state index in [1.54, 1.807) is 17.8 Å². The van der Waals surface area contributed by atoms with Crippen LogP contribution in [-0.4, -0.2) is 21.0 Å². The van der Waals surface area contributed by atoms with E-state index in [0.717, 1.165) is 16.6 Å². The molecule has 0 fully saturated rings. The number of nitrogens with zero attached hydrogens (tertiary/aromatic N) is 2. The Balaban J connectivity index is 2.47. The maximum Gasteiger partial charge on any atom is 0.0708 e. The van der Waals surface area contributed by atoms with Crippen LogP contribution in [0.5, 0.6) is 0 Å². The minimum absolute atomic E-state index is 0.393. The van der Waals surface area contributed by atoms with Crippen molar-refractivity contribution in [3.8, 4) is 0 Å². The van der Waals surface area contributed by atoms with Crippen LogP contribution in [0.25, 0.3) is 10.9 Å². The Kier molecular flexibility index (Phi) is 2.13. The molecule has 3 N–H and O–H groups in total. The number of nitrogens with two attached hydrogens (primary N) is 1. The number of aliphatic hydroxyl groups excluding tert-OH is 1. The summed E-state index contributed by atoms with van der Waals surface area (Å²) in [6, 6.07) is 5.63. The molecule has 4 nitrogen and oxygen atoms in total. The Morgan fingerprint density at radius 2 is 2.36 bits per heavy atom. The van der Waals surface area contributed by atoms with E-state index in [2.05, 4.69) is 5.10 Å². The van der Waals surface area contributed by atoms with E-state index in [9.17, 15) is 5.11 Å².